The van der Waals surface area contributed by atoms with Gasteiger partial charge < -0.3 is 5.73 Å². The molecule has 0 aromatic carbocycles. The minimum absolute atomic E-state index is 0.509. The minimum Gasteiger partial charge on any atom is -0.396 e. The van der Waals surface area contributed by atoms with Gasteiger partial charge in [0, 0.05) is 24.2 Å². The van der Waals surface area contributed by atoms with E-state index >= 15 is 0 Å². The second-order valence-corrected chi connectivity index (χ2v) is 5.30. The molecule has 2 heterocycles. The summed E-state index contributed by atoms with van der Waals surface area (Å²) >= 11 is 0. The lowest BCUT2D eigenvalue weighted by molar-refractivity contribution is 0.406. The van der Waals surface area contributed by atoms with E-state index in [1.165, 1.54) is 38.5 Å². The highest BCUT2D eigenvalue weighted by Gasteiger charge is 2.17. The maximum atomic E-state index is 6.11. The molecule has 1 saturated carbocycles. The fourth-order valence-electron chi connectivity index (χ4n) is 2.84. The summed E-state index contributed by atoms with van der Waals surface area (Å²) in [6, 6.07) is 4.43. The Balaban J connectivity index is 1.88. The van der Waals surface area contributed by atoms with E-state index in [0.717, 1.165) is 16.9 Å². The summed E-state index contributed by atoms with van der Waals surface area (Å²) in [5, 5.41) is 4.70. The number of nitrogen functional groups attached to an aromatic ring is 1. The van der Waals surface area contributed by atoms with Crippen molar-refractivity contribution in [1.29, 1.82) is 0 Å². The lowest BCUT2D eigenvalue weighted by Gasteiger charge is -2.14. The van der Waals surface area contributed by atoms with E-state index in [1.807, 2.05) is 24.5 Å². The summed E-state index contributed by atoms with van der Waals surface area (Å²) in [7, 11) is 0. The zero-order valence-electron chi connectivity index (χ0n) is 11.1. The number of nitrogens with two attached hydrogens (primary N) is 1. The van der Waals surface area contributed by atoms with Gasteiger partial charge in [0.2, 0.25) is 0 Å². The molecular weight excluding hydrogens is 236 g/mol. The molecular formula is C15H20N4. The van der Waals surface area contributed by atoms with Crippen LogP contribution in [0.4, 0.5) is 5.69 Å². The fourth-order valence-corrected chi connectivity index (χ4v) is 2.84. The van der Waals surface area contributed by atoms with Crippen LogP contribution in [0.2, 0.25) is 0 Å². The Kier molecular flexibility index (Phi) is 3.49. The van der Waals surface area contributed by atoms with Gasteiger partial charge >= 0.3 is 0 Å². The van der Waals surface area contributed by atoms with Crippen molar-refractivity contribution in [3.63, 3.8) is 0 Å². The van der Waals surface area contributed by atoms with Crippen molar-refractivity contribution in [2.24, 2.45) is 0 Å². The highest BCUT2D eigenvalue weighted by atomic mass is 15.3. The van der Waals surface area contributed by atoms with Crippen LogP contribution in [0.1, 0.15) is 44.6 Å². The number of hydrogen-bond donors (Lipinski definition) is 1. The third-order valence-electron chi connectivity index (χ3n) is 3.89. The number of anilines is 1. The quantitative estimate of drug-likeness (QED) is 0.837. The van der Waals surface area contributed by atoms with Gasteiger partial charge in [-0.1, -0.05) is 25.7 Å². The minimum atomic E-state index is 0.509. The van der Waals surface area contributed by atoms with E-state index in [-0.39, 0.29) is 0 Å². The molecule has 1 fully saturated rings. The molecule has 0 unspecified atom stereocenters. The molecule has 0 atom stereocenters. The number of hydrogen-bond acceptors (Lipinski definition) is 3. The standard InChI is InChI=1S/C15H20N4/c16-14-11-19(13-7-3-1-2-4-8-13)18-15(14)12-6-5-9-17-10-12/h5-6,9-11,13H,1-4,7-8,16H2. The van der Waals surface area contributed by atoms with Gasteiger partial charge in [0.25, 0.3) is 0 Å². The fraction of sp³-hybridized carbons (Fsp3) is 0.467. The van der Waals surface area contributed by atoms with Gasteiger partial charge in [-0.2, -0.15) is 5.10 Å². The molecule has 0 aliphatic heterocycles. The average molecular weight is 256 g/mol. The van der Waals surface area contributed by atoms with E-state index in [1.54, 1.807) is 6.20 Å². The normalized spacial score (nSPS) is 17.3. The van der Waals surface area contributed by atoms with Crippen LogP contribution in [-0.2, 0) is 0 Å². The molecule has 3 rings (SSSR count). The van der Waals surface area contributed by atoms with Crippen LogP contribution in [0.3, 0.4) is 0 Å². The first kappa shape index (κ1) is 12.2. The molecule has 1 aliphatic rings. The molecule has 4 heteroatoms. The van der Waals surface area contributed by atoms with Crippen LogP contribution < -0.4 is 5.73 Å². The van der Waals surface area contributed by atoms with Gasteiger partial charge in [-0.05, 0) is 25.0 Å². The molecule has 100 valence electrons. The number of nitrogens with zero attached hydrogens (tertiary/aromatic N) is 3. The Morgan fingerprint density at radius 3 is 2.63 bits per heavy atom. The van der Waals surface area contributed by atoms with Crippen LogP contribution in [-0.4, -0.2) is 14.8 Å². The Morgan fingerprint density at radius 2 is 1.95 bits per heavy atom. The van der Waals surface area contributed by atoms with Crippen molar-refractivity contribution in [3.05, 3.63) is 30.7 Å². The van der Waals surface area contributed by atoms with Crippen molar-refractivity contribution >= 4 is 5.69 Å². The van der Waals surface area contributed by atoms with Gasteiger partial charge in [0.15, 0.2) is 0 Å². The Labute approximate surface area is 113 Å². The van der Waals surface area contributed by atoms with E-state index < -0.39 is 0 Å². The molecule has 2 aromatic rings. The van der Waals surface area contributed by atoms with E-state index in [4.69, 9.17) is 10.8 Å². The van der Waals surface area contributed by atoms with E-state index in [2.05, 4.69) is 9.67 Å². The number of aromatic nitrogens is 3. The summed E-state index contributed by atoms with van der Waals surface area (Å²) in [6.45, 7) is 0. The highest BCUT2D eigenvalue weighted by molar-refractivity contribution is 5.71. The first-order chi connectivity index (χ1) is 9.34. The molecule has 0 amide bonds. The lowest BCUT2D eigenvalue weighted by atomic mass is 10.1. The largest absolute Gasteiger partial charge is 0.396 e. The number of rotatable bonds is 2. The molecule has 0 saturated heterocycles. The third kappa shape index (κ3) is 2.62. The SMILES string of the molecule is Nc1cn(C2CCCCCC2)nc1-c1cccnc1. The molecule has 19 heavy (non-hydrogen) atoms. The van der Waals surface area contributed by atoms with Gasteiger partial charge in [0.05, 0.1) is 11.7 Å². The van der Waals surface area contributed by atoms with Crippen LogP contribution in [0, 0.1) is 0 Å². The molecule has 1 aliphatic carbocycles. The summed E-state index contributed by atoms with van der Waals surface area (Å²) in [6.07, 6.45) is 13.3. The molecule has 0 spiro atoms. The molecule has 4 nitrogen and oxygen atoms in total. The van der Waals surface area contributed by atoms with Crippen molar-refractivity contribution in [2.45, 2.75) is 44.6 Å². The molecule has 2 aromatic heterocycles. The Bertz CT molecular complexity index is 524. The first-order valence-corrected chi connectivity index (χ1v) is 7.09. The molecule has 0 radical (unpaired) electrons. The summed E-state index contributed by atoms with van der Waals surface area (Å²) in [5.41, 5.74) is 8.71. The highest BCUT2D eigenvalue weighted by Crippen LogP contribution is 2.30. The van der Waals surface area contributed by atoms with Crippen molar-refractivity contribution in [3.8, 4) is 11.3 Å². The second-order valence-electron chi connectivity index (χ2n) is 5.30. The maximum absolute atomic E-state index is 6.11. The van der Waals surface area contributed by atoms with Crippen LogP contribution in [0.5, 0.6) is 0 Å². The van der Waals surface area contributed by atoms with Gasteiger partial charge in [-0.3, -0.25) is 9.67 Å². The summed E-state index contributed by atoms with van der Waals surface area (Å²) < 4.78 is 2.07. The van der Waals surface area contributed by atoms with Crippen LogP contribution in [0.15, 0.2) is 30.7 Å². The number of pyridine rings is 1. The van der Waals surface area contributed by atoms with Crippen LogP contribution >= 0.6 is 0 Å². The Morgan fingerprint density at radius 1 is 1.16 bits per heavy atom. The maximum Gasteiger partial charge on any atom is 0.117 e. The van der Waals surface area contributed by atoms with Crippen molar-refractivity contribution in [1.82, 2.24) is 14.8 Å². The van der Waals surface area contributed by atoms with E-state index in [0.29, 0.717) is 6.04 Å². The molecule has 2 N–H and O–H groups in total. The van der Waals surface area contributed by atoms with Crippen LogP contribution in [0.25, 0.3) is 11.3 Å². The monoisotopic (exact) mass is 256 g/mol. The zero-order valence-corrected chi connectivity index (χ0v) is 11.1. The van der Waals surface area contributed by atoms with E-state index in [9.17, 15) is 0 Å². The average Bonchev–Trinajstić information content (AvgIpc) is 2.67. The topological polar surface area (TPSA) is 56.7 Å². The second kappa shape index (κ2) is 5.43. The smallest absolute Gasteiger partial charge is 0.117 e. The van der Waals surface area contributed by atoms with Gasteiger partial charge in [0.1, 0.15) is 5.69 Å². The predicted molar refractivity (Wildman–Crippen MR) is 76.6 cm³/mol. The Hall–Kier alpha value is -1.84. The summed E-state index contributed by atoms with van der Waals surface area (Å²) in [4.78, 5) is 4.13. The zero-order chi connectivity index (χ0) is 13.1. The van der Waals surface area contributed by atoms with Crippen molar-refractivity contribution < 1.29 is 0 Å². The van der Waals surface area contributed by atoms with Gasteiger partial charge in [-0.15, -0.1) is 0 Å². The molecule has 0 bridgehead atoms. The predicted octanol–water partition coefficient (Wildman–Crippen LogP) is 3.42. The lowest BCUT2D eigenvalue weighted by Crippen LogP contribution is -2.08. The summed E-state index contributed by atoms with van der Waals surface area (Å²) in [5.74, 6) is 0. The van der Waals surface area contributed by atoms with Crippen molar-refractivity contribution in [2.75, 3.05) is 5.73 Å². The third-order valence-corrected chi connectivity index (χ3v) is 3.89. The van der Waals surface area contributed by atoms with Gasteiger partial charge in [-0.25, -0.2) is 0 Å². The first-order valence-electron chi connectivity index (χ1n) is 7.09.